The van der Waals surface area contributed by atoms with Crippen molar-refractivity contribution in [2.45, 2.75) is 38.8 Å². The molecule has 0 aliphatic rings. The van der Waals surface area contributed by atoms with Crippen LogP contribution in [0.5, 0.6) is 0 Å². The third kappa shape index (κ3) is 6.50. The summed E-state index contributed by atoms with van der Waals surface area (Å²) in [5.41, 5.74) is 0.128. The fourth-order valence-corrected chi connectivity index (χ4v) is 1.99. The molecule has 0 fully saturated rings. The minimum atomic E-state index is -0.955. The highest BCUT2D eigenvalue weighted by Crippen LogP contribution is 2.17. The Balaban J connectivity index is 2.20. The Morgan fingerprint density at radius 2 is 1.95 bits per heavy atom. The average Bonchev–Trinajstić information content (AvgIpc) is 2.41. The molecule has 0 aromatic heterocycles. The summed E-state index contributed by atoms with van der Waals surface area (Å²) in [5, 5.41) is 13.0. The van der Waals surface area contributed by atoms with Crippen molar-refractivity contribution in [3.05, 3.63) is 35.4 Å². The van der Waals surface area contributed by atoms with E-state index in [0.29, 0.717) is 6.04 Å². The fraction of sp³-hybridized carbons (Fsp3) is 0.625. The number of benzene rings is 1. The first-order chi connectivity index (χ1) is 9.91. The van der Waals surface area contributed by atoms with E-state index in [0.717, 1.165) is 38.1 Å². The highest BCUT2D eigenvalue weighted by Gasteiger charge is 2.12. The zero-order valence-corrected chi connectivity index (χ0v) is 13.1. The molecule has 0 aliphatic carbocycles. The summed E-state index contributed by atoms with van der Waals surface area (Å²) in [6.45, 7) is 6.39. The van der Waals surface area contributed by atoms with Crippen LogP contribution in [-0.2, 0) is 0 Å². The number of unbranched alkanes of at least 4 members (excludes halogenated alkanes) is 1. The molecule has 120 valence electrons. The molecule has 2 N–H and O–H groups in total. The third-order valence-corrected chi connectivity index (χ3v) is 3.66. The molecule has 1 aromatic rings. The quantitative estimate of drug-likeness (QED) is 0.688. The smallest absolute Gasteiger partial charge is 0.131 e. The van der Waals surface area contributed by atoms with Crippen LogP contribution in [0.15, 0.2) is 18.2 Å². The molecule has 21 heavy (non-hydrogen) atoms. The van der Waals surface area contributed by atoms with Crippen LogP contribution in [0.2, 0.25) is 0 Å². The van der Waals surface area contributed by atoms with E-state index in [2.05, 4.69) is 31.1 Å². The summed E-state index contributed by atoms with van der Waals surface area (Å²) in [7, 11) is 2.10. The average molecular weight is 300 g/mol. The lowest BCUT2D eigenvalue weighted by atomic mass is 10.1. The van der Waals surface area contributed by atoms with Crippen LogP contribution in [0.25, 0.3) is 0 Å². The lowest BCUT2D eigenvalue weighted by Crippen LogP contribution is -2.28. The van der Waals surface area contributed by atoms with Crippen LogP contribution >= 0.6 is 0 Å². The third-order valence-electron chi connectivity index (χ3n) is 3.66. The van der Waals surface area contributed by atoms with E-state index < -0.39 is 17.7 Å². The minimum Gasteiger partial charge on any atom is -0.387 e. The second-order valence-corrected chi connectivity index (χ2v) is 5.67. The Morgan fingerprint density at radius 1 is 1.24 bits per heavy atom. The highest BCUT2D eigenvalue weighted by molar-refractivity contribution is 5.21. The van der Waals surface area contributed by atoms with Crippen molar-refractivity contribution in [3.63, 3.8) is 0 Å². The fourth-order valence-electron chi connectivity index (χ4n) is 1.99. The van der Waals surface area contributed by atoms with E-state index in [1.54, 1.807) is 0 Å². The van der Waals surface area contributed by atoms with Crippen LogP contribution in [-0.4, -0.2) is 42.7 Å². The molecule has 0 heterocycles. The van der Waals surface area contributed by atoms with Gasteiger partial charge in [0, 0.05) is 24.2 Å². The van der Waals surface area contributed by atoms with Gasteiger partial charge >= 0.3 is 0 Å². The maximum atomic E-state index is 13.5. The molecule has 1 rings (SSSR count). The van der Waals surface area contributed by atoms with E-state index in [1.165, 1.54) is 6.07 Å². The number of aliphatic hydroxyl groups is 1. The van der Waals surface area contributed by atoms with Crippen LogP contribution in [0.1, 0.15) is 38.4 Å². The van der Waals surface area contributed by atoms with Gasteiger partial charge in [-0.15, -0.1) is 0 Å². The van der Waals surface area contributed by atoms with Crippen LogP contribution in [0.3, 0.4) is 0 Å². The standard InChI is InChI=1S/C16H26F2N2O/c1-12(2)20(3)9-5-4-8-19-11-16(21)14-7-6-13(17)10-15(14)18/h6-7,10,12,16,19,21H,4-5,8-9,11H2,1-3H3. The molecule has 1 aromatic carbocycles. The van der Waals surface area contributed by atoms with Gasteiger partial charge in [0.1, 0.15) is 11.6 Å². The number of nitrogens with zero attached hydrogens (tertiary/aromatic N) is 1. The van der Waals surface area contributed by atoms with Gasteiger partial charge in [-0.05, 0) is 52.9 Å². The first-order valence-corrected chi connectivity index (χ1v) is 7.45. The second-order valence-electron chi connectivity index (χ2n) is 5.67. The molecule has 0 saturated heterocycles. The Kier molecular flexibility index (Phi) is 7.78. The number of aliphatic hydroxyl groups excluding tert-OH is 1. The topological polar surface area (TPSA) is 35.5 Å². The number of hydrogen-bond donors (Lipinski definition) is 2. The van der Waals surface area contributed by atoms with Gasteiger partial charge in [0.25, 0.3) is 0 Å². The summed E-state index contributed by atoms with van der Waals surface area (Å²) in [5.74, 6) is -1.34. The largest absolute Gasteiger partial charge is 0.387 e. The Bertz CT molecular complexity index is 427. The normalized spacial score (nSPS) is 13.1. The molecule has 0 bridgehead atoms. The number of hydrogen-bond acceptors (Lipinski definition) is 3. The molecule has 3 nitrogen and oxygen atoms in total. The number of nitrogens with one attached hydrogen (secondary N) is 1. The lowest BCUT2D eigenvalue weighted by molar-refractivity contribution is 0.169. The van der Waals surface area contributed by atoms with Gasteiger partial charge in [0.05, 0.1) is 6.10 Å². The van der Waals surface area contributed by atoms with E-state index in [9.17, 15) is 13.9 Å². The highest BCUT2D eigenvalue weighted by atomic mass is 19.1. The van der Waals surface area contributed by atoms with Gasteiger partial charge in [0.15, 0.2) is 0 Å². The van der Waals surface area contributed by atoms with Crippen molar-refractivity contribution >= 4 is 0 Å². The van der Waals surface area contributed by atoms with Crippen molar-refractivity contribution < 1.29 is 13.9 Å². The van der Waals surface area contributed by atoms with Crippen molar-refractivity contribution in [1.82, 2.24) is 10.2 Å². The van der Waals surface area contributed by atoms with Crippen molar-refractivity contribution in [2.75, 3.05) is 26.7 Å². The maximum Gasteiger partial charge on any atom is 0.131 e. The van der Waals surface area contributed by atoms with E-state index in [4.69, 9.17) is 0 Å². The molecule has 0 saturated carbocycles. The van der Waals surface area contributed by atoms with Crippen molar-refractivity contribution in [2.24, 2.45) is 0 Å². The Hall–Kier alpha value is -1.04. The summed E-state index contributed by atoms with van der Waals surface area (Å²) >= 11 is 0. The zero-order chi connectivity index (χ0) is 15.8. The zero-order valence-electron chi connectivity index (χ0n) is 13.1. The van der Waals surface area contributed by atoms with Crippen LogP contribution in [0, 0.1) is 11.6 Å². The Labute approximate surface area is 126 Å². The van der Waals surface area contributed by atoms with Crippen LogP contribution < -0.4 is 5.32 Å². The first kappa shape index (κ1) is 18.0. The first-order valence-electron chi connectivity index (χ1n) is 7.45. The van der Waals surface area contributed by atoms with Gasteiger partial charge in [-0.1, -0.05) is 6.07 Å². The molecule has 0 radical (unpaired) electrons. The summed E-state index contributed by atoms with van der Waals surface area (Å²) < 4.78 is 26.2. The van der Waals surface area contributed by atoms with Gasteiger partial charge in [-0.25, -0.2) is 8.78 Å². The van der Waals surface area contributed by atoms with Crippen LogP contribution in [0.4, 0.5) is 8.78 Å². The molecule has 1 atom stereocenters. The molecule has 0 spiro atoms. The summed E-state index contributed by atoms with van der Waals surface area (Å²) in [4.78, 5) is 2.28. The summed E-state index contributed by atoms with van der Waals surface area (Å²) in [6, 6.07) is 3.78. The Morgan fingerprint density at radius 3 is 2.57 bits per heavy atom. The minimum absolute atomic E-state index is 0.128. The van der Waals surface area contributed by atoms with Gasteiger partial charge in [-0.3, -0.25) is 0 Å². The SMILES string of the molecule is CC(C)N(C)CCCCNCC(O)c1ccc(F)cc1F. The van der Waals surface area contributed by atoms with E-state index in [1.807, 2.05) is 0 Å². The maximum absolute atomic E-state index is 13.5. The van der Waals surface area contributed by atoms with Gasteiger partial charge in [0.2, 0.25) is 0 Å². The summed E-state index contributed by atoms with van der Waals surface area (Å²) in [6.07, 6.45) is 1.11. The van der Waals surface area contributed by atoms with E-state index in [-0.39, 0.29) is 12.1 Å². The predicted octanol–water partition coefficient (Wildman–Crippen LogP) is 2.71. The van der Waals surface area contributed by atoms with Crippen molar-refractivity contribution in [1.29, 1.82) is 0 Å². The molecule has 0 aliphatic heterocycles. The lowest BCUT2D eigenvalue weighted by Gasteiger charge is -2.20. The molecule has 5 heteroatoms. The molecular formula is C16H26F2N2O. The molecule has 0 amide bonds. The molecule has 1 unspecified atom stereocenters. The number of halogens is 2. The van der Waals surface area contributed by atoms with Crippen molar-refractivity contribution in [3.8, 4) is 0 Å². The predicted molar refractivity (Wildman–Crippen MR) is 81.2 cm³/mol. The van der Waals surface area contributed by atoms with Gasteiger partial charge in [-0.2, -0.15) is 0 Å². The monoisotopic (exact) mass is 300 g/mol. The second kappa shape index (κ2) is 9.07. The van der Waals surface area contributed by atoms with Gasteiger partial charge < -0.3 is 15.3 Å². The molecular weight excluding hydrogens is 274 g/mol. The number of rotatable bonds is 9. The van der Waals surface area contributed by atoms with E-state index >= 15 is 0 Å².